The Labute approximate surface area is 132 Å². The molecule has 0 atom stereocenters. The summed E-state index contributed by atoms with van der Waals surface area (Å²) in [5.74, 6) is 0.0309. The van der Waals surface area contributed by atoms with Crippen LogP contribution < -0.4 is 10.6 Å². The van der Waals surface area contributed by atoms with Crippen molar-refractivity contribution < 1.29 is 14.0 Å². The highest BCUT2D eigenvalue weighted by Crippen LogP contribution is 2.24. The maximum atomic E-state index is 12.1. The van der Waals surface area contributed by atoms with Crippen LogP contribution in [0.5, 0.6) is 0 Å². The second kappa shape index (κ2) is 5.85. The van der Waals surface area contributed by atoms with Gasteiger partial charge in [0.05, 0.1) is 22.4 Å². The van der Waals surface area contributed by atoms with E-state index in [9.17, 15) is 9.59 Å². The van der Waals surface area contributed by atoms with Gasteiger partial charge in [0.1, 0.15) is 5.76 Å². The van der Waals surface area contributed by atoms with Crippen LogP contribution in [0.3, 0.4) is 0 Å². The maximum absolute atomic E-state index is 12.1. The van der Waals surface area contributed by atoms with Crippen molar-refractivity contribution in [3.8, 4) is 0 Å². The number of hydrogen-bond donors (Lipinski definition) is 2. The van der Waals surface area contributed by atoms with E-state index in [1.54, 1.807) is 31.2 Å². The third kappa shape index (κ3) is 3.14. The van der Waals surface area contributed by atoms with Crippen molar-refractivity contribution in [1.82, 2.24) is 5.32 Å². The molecule has 0 aliphatic heterocycles. The molecular formula is C16H15ClN2O3. The van der Waals surface area contributed by atoms with Crippen LogP contribution in [-0.2, 0) is 0 Å². The van der Waals surface area contributed by atoms with Crippen molar-refractivity contribution in [1.29, 1.82) is 0 Å². The Morgan fingerprint density at radius 3 is 2.59 bits per heavy atom. The third-order valence-electron chi connectivity index (χ3n) is 3.48. The van der Waals surface area contributed by atoms with E-state index in [0.29, 0.717) is 27.6 Å². The molecule has 6 heteroatoms. The minimum absolute atomic E-state index is 0.219. The van der Waals surface area contributed by atoms with Crippen molar-refractivity contribution in [2.75, 3.05) is 5.32 Å². The Bertz CT molecular complexity index is 735. The van der Waals surface area contributed by atoms with E-state index in [1.807, 2.05) is 0 Å². The summed E-state index contributed by atoms with van der Waals surface area (Å²) in [4.78, 5) is 24.3. The molecule has 1 aliphatic rings. The highest BCUT2D eigenvalue weighted by atomic mass is 35.5. The summed E-state index contributed by atoms with van der Waals surface area (Å²) < 4.78 is 5.11. The molecule has 0 unspecified atom stereocenters. The van der Waals surface area contributed by atoms with Gasteiger partial charge in [0.15, 0.2) is 0 Å². The fraction of sp³-hybridized carbons (Fsp3) is 0.250. The number of amides is 2. The van der Waals surface area contributed by atoms with Gasteiger partial charge in [-0.25, -0.2) is 0 Å². The summed E-state index contributed by atoms with van der Waals surface area (Å²) in [6, 6.07) is 6.68. The Morgan fingerprint density at radius 2 is 1.95 bits per heavy atom. The molecule has 1 heterocycles. The standard InChI is InChI=1S/C16H15ClN2O3/c1-9-12(6-7-22-9)15(20)19-11-4-5-14(17)13(8-11)16(21)18-10-2-3-10/h4-8,10H,2-3H2,1H3,(H,18,21)(H,19,20). The van der Waals surface area contributed by atoms with Gasteiger partial charge in [-0.3, -0.25) is 9.59 Å². The molecule has 22 heavy (non-hydrogen) atoms. The van der Waals surface area contributed by atoms with E-state index in [1.165, 1.54) is 6.26 Å². The molecule has 0 bridgehead atoms. The lowest BCUT2D eigenvalue weighted by Gasteiger charge is -2.09. The SMILES string of the molecule is Cc1occc1C(=O)Nc1ccc(Cl)c(C(=O)NC2CC2)c1. The molecule has 1 saturated carbocycles. The predicted octanol–water partition coefficient (Wildman–Crippen LogP) is 3.39. The molecule has 0 saturated heterocycles. The van der Waals surface area contributed by atoms with Crippen LogP contribution in [0, 0.1) is 6.92 Å². The average molecular weight is 319 g/mol. The van der Waals surface area contributed by atoms with Gasteiger partial charge in [-0.2, -0.15) is 0 Å². The zero-order valence-electron chi connectivity index (χ0n) is 12.0. The smallest absolute Gasteiger partial charge is 0.259 e. The number of hydrogen-bond acceptors (Lipinski definition) is 3. The molecule has 1 aliphatic carbocycles. The highest BCUT2D eigenvalue weighted by Gasteiger charge is 2.25. The maximum Gasteiger partial charge on any atom is 0.259 e. The Morgan fingerprint density at radius 1 is 1.18 bits per heavy atom. The summed E-state index contributed by atoms with van der Waals surface area (Å²) in [6.07, 6.45) is 3.46. The second-order valence-corrected chi connectivity index (χ2v) is 5.69. The van der Waals surface area contributed by atoms with Gasteiger partial charge in [0.2, 0.25) is 0 Å². The summed E-state index contributed by atoms with van der Waals surface area (Å²) in [5.41, 5.74) is 1.32. The van der Waals surface area contributed by atoms with Crippen LogP contribution in [0.15, 0.2) is 34.9 Å². The van der Waals surface area contributed by atoms with Crippen molar-refractivity contribution in [2.24, 2.45) is 0 Å². The lowest BCUT2D eigenvalue weighted by atomic mass is 10.1. The fourth-order valence-electron chi connectivity index (χ4n) is 2.09. The molecule has 1 aromatic carbocycles. The fourth-order valence-corrected chi connectivity index (χ4v) is 2.29. The van der Waals surface area contributed by atoms with Gasteiger partial charge < -0.3 is 15.1 Å². The molecule has 114 valence electrons. The van der Waals surface area contributed by atoms with E-state index >= 15 is 0 Å². The first-order valence-corrected chi connectivity index (χ1v) is 7.38. The molecular weight excluding hydrogens is 304 g/mol. The summed E-state index contributed by atoms with van der Waals surface area (Å²) in [6.45, 7) is 1.71. The molecule has 1 aromatic heterocycles. The zero-order valence-corrected chi connectivity index (χ0v) is 12.7. The Kier molecular flexibility index (Phi) is 3.90. The second-order valence-electron chi connectivity index (χ2n) is 5.29. The first-order valence-electron chi connectivity index (χ1n) is 7.00. The normalized spacial score (nSPS) is 13.7. The number of carbonyl (C=O) groups is 2. The van der Waals surface area contributed by atoms with Gasteiger partial charge in [0, 0.05) is 11.7 Å². The van der Waals surface area contributed by atoms with Gasteiger partial charge in [-0.15, -0.1) is 0 Å². The van der Waals surface area contributed by atoms with Crippen LogP contribution >= 0.6 is 11.6 Å². The van der Waals surface area contributed by atoms with Crippen molar-refractivity contribution >= 4 is 29.1 Å². The lowest BCUT2D eigenvalue weighted by molar-refractivity contribution is 0.0949. The summed E-state index contributed by atoms with van der Waals surface area (Å²) in [7, 11) is 0. The number of rotatable bonds is 4. The van der Waals surface area contributed by atoms with E-state index in [2.05, 4.69) is 10.6 Å². The van der Waals surface area contributed by atoms with E-state index in [4.69, 9.17) is 16.0 Å². The molecule has 2 N–H and O–H groups in total. The summed E-state index contributed by atoms with van der Waals surface area (Å²) >= 11 is 6.07. The molecule has 5 nitrogen and oxygen atoms in total. The van der Waals surface area contributed by atoms with Crippen molar-refractivity contribution in [3.63, 3.8) is 0 Å². The van der Waals surface area contributed by atoms with Gasteiger partial charge in [0.25, 0.3) is 11.8 Å². The number of aryl methyl sites for hydroxylation is 1. The van der Waals surface area contributed by atoms with Gasteiger partial charge >= 0.3 is 0 Å². The molecule has 2 amide bonds. The van der Waals surface area contributed by atoms with Crippen LogP contribution in [0.1, 0.15) is 39.3 Å². The monoisotopic (exact) mass is 318 g/mol. The van der Waals surface area contributed by atoms with E-state index in [0.717, 1.165) is 12.8 Å². The topological polar surface area (TPSA) is 71.3 Å². The average Bonchev–Trinajstić information content (AvgIpc) is 3.19. The Balaban J connectivity index is 1.78. The summed E-state index contributed by atoms with van der Waals surface area (Å²) in [5, 5.41) is 5.97. The van der Waals surface area contributed by atoms with Crippen molar-refractivity contribution in [2.45, 2.75) is 25.8 Å². The number of halogens is 1. The number of carbonyl (C=O) groups excluding carboxylic acids is 2. The van der Waals surface area contributed by atoms with Crippen LogP contribution in [-0.4, -0.2) is 17.9 Å². The first kappa shape index (κ1) is 14.7. The predicted molar refractivity (Wildman–Crippen MR) is 83.3 cm³/mol. The van der Waals surface area contributed by atoms with Crippen LogP contribution in [0.2, 0.25) is 5.02 Å². The third-order valence-corrected chi connectivity index (χ3v) is 3.81. The molecule has 1 fully saturated rings. The van der Waals surface area contributed by atoms with Crippen LogP contribution in [0.25, 0.3) is 0 Å². The van der Waals surface area contributed by atoms with Crippen LogP contribution in [0.4, 0.5) is 5.69 Å². The van der Waals surface area contributed by atoms with Crippen molar-refractivity contribution in [3.05, 3.63) is 52.4 Å². The first-order chi connectivity index (χ1) is 10.5. The number of benzene rings is 1. The largest absolute Gasteiger partial charge is 0.469 e. The Hall–Kier alpha value is -2.27. The quantitative estimate of drug-likeness (QED) is 0.907. The minimum atomic E-state index is -0.290. The van der Waals surface area contributed by atoms with E-state index in [-0.39, 0.29) is 17.9 Å². The number of anilines is 1. The molecule has 0 spiro atoms. The number of nitrogens with one attached hydrogen (secondary N) is 2. The van der Waals surface area contributed by atoms with Gasteiger partial charge in [-0.1, -0.05) is 11.6 Å². The van der Waals surface area contributed by atoms with E-state index < -0.39 is 0 Å². The minimum Gasteiger partial charge on any atom is -0.469 e. The molecule has 2 aromatic rings. The molecule has 0 radical (unpaired) electrons. The zero-order chi connectivity index (χ0) is 15.7. The highest BCUT2D eigenvalue weighted by molar-refractivity contribution is 6.34. The lowest BCUT2D eigenvalue weighted by Crippen LogP contribution is -2.25. The molecule has 3 rings (SSSR count). The number of furan rings is 1. The van der Waals surface area contributed by atoms with Gasteiger partial charge in [-0.05, 0) is 44.0 Å².